The third-order valence-corrected chi connectivity index (χ3v) is 3.88. The van der Waals surface area contributed by atoms with Gasteiger partial charge in [0.1, 0.15) is 17.5 Å². The number of nitrogens with zero attached hydrogens (tertiary/aromatic N) is 4. The van der Waals surface area contributed by atoms with Crippen molar-refractivity contribution in [2.24, 2.45) is 10.8 Å². The molecule has 0 saturated carbocycles. The second kappa shape index (κ2) is 8.56. The number of piperazine rings is 1. The molecule has 1 aromatic carbocycles. The van der Waals surface area contributed by atoms with Crippen LogP contribution in [0.1, 0.15) is 20.8 Å². The van der Waals surface area contributed by atoms with E-state index in [4.69, 9.17) is 21.1 Å². The van der Waals surface area contributed by atoms with E-state index >= 15 is 0 Å². The molecule has 1 aromatic rings. The van der Waals surface area contributed by atoms with Crippen molar-refractivity contribution in [1.29, 1.82) is 10.7 Å². The topological polar surface area (TPSA) is 131 Å². The molecule has 0 radical (unpaired) electrons. The number of nitrogens with one attached hydrogen (secondary N) is 2. The summed E-state index contributed by atoms with van der Waals surface area (Å²) in [4.78, 5) is 15.5. The number of hydrogen-bond acceptors (Lipinski definition) is 7. The molecule has 10 heteroatoms. The van der Waals surface area contributed by atoms with Gasteiger partial charge in [-0.25, -0.2) is 9.18 Å². The largest absolute Gasteiger partial charge is 0.444 e. The Kier molecular flexibility index (Phi) is 6.41. The monoisotopic (exact) mass is 389 g/mol. The van der Waals surface area contributed by atoms with Crippen molar-refractivity contribution >= 4 is 29.0 Å². The molecular formula is C18H24FN7O2. The third-order valence-electron chi connectivity index (χ3n) is 3.88. The van der Waals surface area contributed by atoms with E-state index in [1.54, 1.807) is 42.7 Å². The van der Waals surface area contributed by atoms with Gasteiger partial charge in [-0.05, 0) is 32.9 Å². The summed E-state index contributed by atoms with van der Waals surface area (Å²) in [6, 6.07) is 6.13. The minimum atomic E-state index is -0.579. The highest BCUT2D eigenvalue weighted by molar-refractivity contribution is 6.45. The minimum absolute atomic E-state index is 0.274. The highest BCUT2D eigenvalue weighted by Crippen LogP contribution is 2.30. The Hall–Kier alpha value is -3.35. The number of carbonyl (C=O) groups is 1. The van der Waals surface area contributed by atoms with Crippen LogP contribution in [-0.4, -0.2) is 54.3 Å². The number of carbonyl (C=O) groups excluding carboxylic acids is 1. The number of benzene rings is 1. The molecule has 9 nitrogen and oxygen atoms in total. The molecule has 150 valence electrons. The Balaban J connectivity index is 2.14. The SMILES string of the molecule is CC(C)(C)OC(=O)N1CCN(c2c(F)cccc2N/N=C(\C#N)C(=N)N)CC1. The second-order valence-corrected chi connectivity index (χ2v) is 7.19. The van der Waals surface area contributed by atoms with Gasteiger partial charge in [0, 0.05) is 26.2 Å². The Morgan fingerprint density at radius 2 is 2.00 bits per heavy atom. The summed E-state index contributed by atoms with van der Waals surface area (Å²) in [6.07, 6.45) is -0.399. The summed E-state index contributed by atoms with van der Waals surface area (Å²) < 4.78 is 19.9. The molecule has 0 aliphatic carbocycles. The predicted octanol–water partition coefficient (Wildman–Crippen LogP) is 2.11. The van der Waals surface area contributed by atoms with E-state index in [9.17, 15) is 9.18 Å². The van der Waals surface area contributed by atoms with Crippen LogP contribution in [0.3, 0.4) is 0 Å². The maximum absolute atomic E-state index is 14.5. The van der Waals surface area contributed by atoms with Crippen LogP contribution in [0.25, 0.3) is 0 Å². The summed E-state index contributed by atoms with van der Waals surface area (Å²) in [5, 5.41) is 20.0. The van der Waals surface area contributed by atoms with Gasteiger partial charge in [0.2, 0.25) is 5.71 Å². The van der Waals surface area contributed by atoms with Crippen LogP contribution in [0.15, 0.2) is 23.3 Å². The summed E-state index contributed by atoms with van der Waals surface area (Å²) in [7, 11) is 0. The zero-order valence-electron chi connectivity index (χ0n) is 16.1. The van der Waals surface area contributed by atoms with Gasteiger partial charge in [-0.1, -0.05) is 6.07 Å². The maximum atomic E-state index is 14.5. The number of halogens is 1. The molecule has 1 heterocycles. The number of hydrogen-bond donors (Lipinski definition) is 3. The van der Waals surface area contributed by atoms with Crippen LogP contribution in [0.5, 0.6) is 0 Å². The Labute approximate surface area is 163 Å². The minimum Gasteiger partial charge on any atom is -0.444 e. The fourth-order valence-corrected chi connectivity index (χ4v) is 2.63. The van der Waals surface area contributed by atoms with E-state index in [0.29, 0.717) is 31.9 Å². The van der Waals surface area contributed by atoms with Gasteiger partial charge in [-0.2, -0.15) is 10.4 Å². The van der Waals surface area contributed by atoms with E-state index in [1.807, 2.05) is 0 Å². The van der Waals surface area contributed by atoms with Crippen molar-refractivity contribution in [3.63, 3.8) is 0 Å². The van der Waals surface area contributed by atoms with Crippen molar-refractivity contribution in [2.45, 2.75) is 26.4 Å². The fraction of sp³-hybridized carbons (Fsp3) is 0.444. The number of amidine groups is 1. The van der Waals surface area contributed by atoms with Gasteiger partial charge in [0.25, 0.3) is 0 Å². The lowest BCUT2D eigenvalue weighted by Crippen LogP contribution is -2.50. The van der Waals surface area contributed by atoms with Crippen molar-refractivity contribution in [3.05, 3.63) is 24.0 Å². The lowest BCUT2D eigenvalue weighted by atomic mass is 10.2. The quantitative estimate of drug-likeness (QED) is 0.411. The van der Waals surface area contributed by atoms with Crippen LogP contribution >= 0.6 is 0 Å². The summed E-state index contributed by atoms with van der Waals surface area (Å²) in [6.45, 7) is 6.96. The number of rotatable bonds is 4. The number of hydrazone groups is 1. The first kappa shape index (κ1) is 21.0. The first-order valence-corrected chi connectivity index (χ1v) is 8.72. The van der Waals surface area contributed by atoms with Crippen LogP contribution in [0.2, 0.25) is 0 Å². The lowest BCUT2D eigenvalue weighted by Gasteiger charge is -2.37. The number of anilines is 2. The van der Waals surface area contributed by atoms with Crippen molar-refractivity contribution in [3.8, 4) is 6.07 Å². The number of nitriles is 1. The molecule has 1 aliphatic rings. The van der Waals surface area contributed by atoms with Gasteiger partial charge < -0.3 is 20.3 Å². The molecule has 0 aromatic heterocycles. The number of nitrogens with two attached hydrogens (primary N) is 1. The van der Waals surface area contributed by atoms with Gasteiger partial charge >= 0.3 is 6.09 Å². The van der Waals surface area contributed by atoms with Gasteiger partial charge in [0.15, 0.2) is 5.84 Å². The Morgan fingerprint density at radius 1 is 1.36 bits per heavy atom. The molecule has 1 saturated heterocycles. The van der Waals surface area contributed by atoms with Crippen LogP contribution in [-0.2, 0) is 4.74 Å². The normalized spacial score (nSPS) is 15.0. The van der Waals surface area contributed by atoms with Crippen molar-refractivity contribution in [2.75, 3.05) is 36.5 Å². The molecule has 0 spiro atoms. The van der Waals surface area contributed by atoms with E-state index < -0.39 is 23.3 Å². The molecule has 4 N–H and O–H groups in total. The molecule has 28 heavy (non-hydrogen) atoms. The average Bonchev–Trinajstić information content (AvgIpc) is 2.61. The number of para-hydroxylation sites is 1. The highest BCUT2D eigenvalue weighted by atomic mass is 19.1. The van der Waals surface area contributed by atoms with Crippen LogP contribution < -0.4 is 16.1 Å². The molecule has 1 aliphatic heterocycles. The van der Waals surface area contributed by atoms with E-state index in [0.717, 1.165) is 0 Å². The zero-order chi connectivity index (χ0) is 20.9. The van der Waals surface area contributed by atoms with Crippen LogP contribution in [0.4, 0.5) is 20.6 Å². The molecule has 2 rings (SSSR count). The first-order chi connectivity index (χ1) is 13.1. The fourth-order valence-electron chi connectivity index (χ4n) is 2.63. The standard InChI is InChI=1S/C18H24FN7O2/c1-18(2,3)28-17(27)26-9-7-25(8-10-26)15-12(19)5-4-6-13(15)23-24-14(11-20)16(21)22/h4-6,23H,7-10H2,1-3H3,(H3,21,22)/b24-14+. The molecule has 1 fully saturated rings. The van der Waals surface area contributed by atoms with Gasteiger partial charge in [-0.15, -0.1) is 0 Å². The van der Waals surface area contributed by atoms with E-state index in [1.165, 1.54) is 12.1 Å². The number of ether oxygens (including phenoxy) is 1. The molecule has 0 atom stereocenters. The zero-order valence-corrected chi connectivity index (χ0v) is 16.1. The number of amides is 1. The molecule has 0 unspecified atom stereocenters. The summed E-state index contributed by atoms with van der Waals surface area (Å²) >= 11 is 0. The highest BCUT2D eigenvalue weighted by Gasteiger charge is 2.27. The van der Waals surface area contributed by atoms with Crippen molar-refractivity contribution < 1.29 is 13.9 Å². The Bertz CT molecular complexity index is 818. The van der Waals surface area contributed by atoms with Gasteiger partial charge in [-0.3, -0.25) is 10.8 Å². The molecular weight excluding hydrogens is 365 g/mol. The second-order valence-electron chi connectivity index (χ2n) is 7.19. The van der Waals surface area contributed by atoms with Crippen LogP contribution in [0, 0.1) is 22.6 Å². The average molecular weight is 389 g/mol. The Morgan fingerprint density at radius 3 is 2.54 bits per heavy atom. The van der Waals surface area contributed by atoms with Crippen molar-refractivity contribution in [1.82, 2.24) is 4.90 Å². The van der Waals surface area contributed by atoms with Gasteiger partial charge in [0.05, 0.1) is 11.4 Å². The lowest BCUT2D eigenvalue weighted by molar-refractivity contribution is 0.0240. The molecule has 0 bridgehead atoms. The van der Waals surface area contributed by atoms with E-state index in [-0.39, 0.29) is 11.4 Å². The predicted molar refractivity (Wildman–Crippen MR) is 105 cm³/mol. The smallest absolute Gasteiger partial charge is 0.410 e. The third kappa shape index (κ3) is 5.33. The maximum Gasteiger partial charge on any atom is 0.410 e. The van der Waals surface area contributed by atoms with E-state index in [2.05, 4.69) is 10.5 Å². The summed E-state index contributed by atoms with van der Waals surface area (Å²) in [5.74, 6) is -0.953. The summed E-state index contributed by atoms with van der Waals surface area (Å²) in [5.41, 5.74) is 7.60. The first-order valence-electron chi connectivity index (χ1n) is 8.72. The molecule has 1 amide bonds.